The van der Waals surface area contributed by atoms with Crippen molar-refractivity contribution in [3.63, 3.8) is 0 Å². The van der Waals surface area contributed by atoms with Crippen LogP contribution in [0.3, 0.4) is 0 Å². The topological polar surface area (TPSA) is 28.2 Å². The molecule has 0 fully saturated rings. The van der Waals surface area contributed by atoms with Gasteiger partial charge in [0.25, 0.3) is 0 Å². The summed E-state index contributed by atoms with van der Waals surface area (Å²) < 4.78 is 0. The van der Waals surface area contributed by atoms with Crippen LogP contribution >= 0.6 is 0 Å². The highest BCUT2D eigenvalue weighted by molar-refractivity contribution is 5.65. The van der Waals surface area contributed by atoms with E-state index in [9.17, 15) is 0 Å². The zero-order valence-electron chi connectivity index (χ0n) is 12.6. The lowest BCUT2D eigenvalue weighted by Crippen LogP contribution is -2.16. The largest absolute Gasteiger partial charge is 0.344 e. The molecule has 1 aromatic carbocycles. The zero-order chi connectivity index (χ0) is 14.4. The van der Waals surface area contributed by atoms with Gasteiger partial charge in [-0.2, -0.15) is 0 Å². The minimum Gasteiger partial charge on any atom is -0.344 e. The fourth-order valence-electron chi connectivity index (χ4n) is 2.24. The van der Waals surface area contributed by atoms with Gasteiger partial charge in [-0.3, -0.25) is 4.98 Å². The van der Waals surface area contributed by atoms with Crippen molar-refractivity contribution in [2.45, 2.75) is 26.8 Å². The summed E-state index contributed by atoms with van der Waals surface area (Å²) in [5.41, 5.74) is 4.75. The van der Waals surface area contributed by atoms with Crippen LogP contribution in [0.5, 0.6) is 0 Å². The molecular formula is C17H23N3. The summed E-state index contributed by atoms with van der Waals surface area (Å²) in [4.78, 5) is 6.63. The number of anilines is 2. The van der Waals surface area contributed by atoms with E-state index in [-0.39, 0.29) is 0 Å². The van der Waals surface area contributed by atoms with E-state index in [1.165, 1.54) is 16.9 Å². The highest BCUT2D eigenvalue weighted by Crippen LogP contribution is 2.26. The molecule has 1 N–H and O–H groups in total. The second-order valence-electron chi connectivity index (χ2n) is 5.03. The maximum atomic E-state index is 4.42. The summed E-state index contributed by atoms with van der Waals surface area (Å²) in [6.07, 6.45) is 3.02. The van der Waals surface area contributed by atoms with Crippen molar-refractivity contribution in [3.05, 3.63) is 53.9 Å². The first-order chi connectivity index (χ1) is 9.72. The van der Waals surface area contributed by atoms with Crippen LogP contribution in [0.4, 0.5) is 11.4 Å². The van der Waals surface area contributed by atoms with Crippen LogP contribution in [0.15, 0.2) is 42.6 Å². The summed E-state index contributed by atoms with van der Waals surface area (Å²) >= 11 is 0. The third kappa shape index (κ3) is 3.58. The Morgan fingerprint density at radius 2 is 2.00 bits per heavy atom. The van der Waals surface area contributed by atoms with Crippen molar-refractivity contribution >= 4 is 11.4 Å². The van der Waals surface area contributed by atoms with Gasteiger partial charge in [0.2, 0.25) is 0 Å². The predicted molar refractivity (Wildman–Crippen MR) is 85.5 cm³/mol. The van der Waals surface area contributed by atoms with Crippen molar-refractivity contribution in [3.8, 4) is 0 Å². The first-order valence-corrected chi connectivity index (χ1v) is 7.17. The molecule has 0 aliphatic carbocycles. The number of benzene rings is 1. The Bertz CT molecular complexity index is 551. The van der Waals surface area contributed by atoms with Gasteiger partial charge in [0.1, 0.15) is 0 Å². The maximum Gasteiger partial charge on any atom is 0.0562 e. The van der Waals surface area contributed by atoms with E-state index in [0.29, 0.717) is 0 Å². The first kappa shape index (κ1) is 14.5. The Balaban J connectivity index is 2.16. The second kappa shape index (κ2) is 7.06. The van der Waals surface area contributed by atoms with Gasteiger partial charge in [-0.1, -0.05) is 25.1 Å². The molecule has 0 aliphatic rings. The summed E-state index contributed by atoms with van der Waals surface area (Å²) in [6, 6.07) is 12.6. The third-order valence-corrected chi connectivity index (χ3v) is 3.40. The third-order valence-electron chi connectivity index (χ3n) is 3.40. The standard InChI is InChI=1S/C17H23N3/c1-4-10-18-13-15-12-16(9-11-19-15)20(3)17-8-6-5-7-14(17)2/h5-9,11-12,18H,4,10,13H2,1-3H3. The lowest BCUT2D eigenvalue weighted by atomic mass is 10.1. The van der Waals surface area contributed by atoms with Gasteiger partial charge in [0.15, 0.2) is 0 Å². The molecule has 0 atom stereocenters. The normalized spacial score (nSPS) is 10.6. The number of nitrogens with one attached hydrogen (secondary N) is 1. The molecule has 106 valence electrons. The molecule has 1 heterocycles. The Hall–Kier alpha value is -1.87. The molecule has 3 heteroatoms. The molecule has 0 spiro atoms. The summed E-state index contributed by atoms with van der Waals surface area (Å²) in [5.74, 6) is 0. The van der Waals surface area contributed by atoms with Crippen LogP contribution in [0.25, 0.3) is 0 Å². The van der Waals surface area contributed by atoms with E-state index in [1.807, 2.05) is 6.20 Å². The van der Waals surface area contributed by atoms with E-state index in [4.69, 9.17) is 0 Å². The van der Waals surface area contributed by atoms with Crippen LogP contribution in [0, 0.1) is 6.92 Å². The average Bonchev–Trinajstić information content (AvgIpc) is 2.48. The lowest BCUT2D eigenvalue weighted by Gasteiger charge is -2.22. The molecule has 2 rings (SSSR count). The molecule has 1 aromatic heterocycles. The van der Waals surface area contributed by atoms with E-state index < -0.39 is 0 Å². The van der Waals surface area contributed by atoms with Gasteiger partial charge < -0.3 is 10.2 Å². The van der Waals surface area contributed by atoms with Crippen molar-refractivity contribution in [1.29, 1.82) is 0 Å². The molecule has 0 saturated heterocycles. The maximum absolute atomic E-state index is 4.42. The van der Waals surface area contributed by atoms with Gasteiger partial charge in [-0.15, -0.1) is 0 Å². The molecule has 0 aliphatic heterocycles. The van der Waals surface area contributed by atoms with E-state index in [0.717, 1.165) is 25.2 Å². The number of para-hydroxylation sites is 1. The van der Waals surface area contributed by atoms with Gasteiger partial charge in [-0.25, -0.2) is 0 Å². The van der Waals surface area contributed by atoms with E-state index in [1.54, 1.807) is 0 Å². The van der Waals surface area contributed by atoms with Crippen LogP contribution in [0.1, 0.15) is 24.6 Å². The fourth-order valence-corrected chi connectivity index (χ4v) is 2.24. The highest BCUT2D eigenvalue weighted by atomic mass is 15.1. The van der Waals surface area contributed by atoms with Crippen molar-refractivity contribution < 1.29 is 0 Å². The number of aryl methyl sites for hydroxylation is 1. The summed E-state index contributed by atoms with van der Waals surface area (Å²) in [6.45, 7) is 6.16. The smallest absolute Gasteiger partial charge is 0.0562 e. The molecule has 0 saturated carbocycles. The molecule has 0 radical (unpaired) electrons. The quantitative estimate of drug-likeness (QED) is 0.811. The van der Waals surface area contributed by atoms with E-state index in [2.05, 4.69) is 72.5 Å². The molecule has 3 nitrogen and oxygen atoms in total. The Labute approximate surface area is 121 Å². The van der Waals surface area contributed by atoms with Crippen molar-refractivity contribution in [2.75, 3.05) is 18.5 Å². The van der Waals surface area contributed by atoms with Crippen molar-refractivity contribution in [1.82, 2.24) is 10.3 Å². The number of rotatable bonds is 6. The number of aromatic nitrogens is 1. The minimum absolute atomic E-state index is 0.823. The van der Waals surface area contributed by atoms with Crippen LogP contribution in [-0.2, 0) is 6.54 Å². The predicted octanol–water partition coefficient (Wildman–Crippen LogP) is 3.66. The van der Waals surface area contributed by atoms with Gasteiger partial charge in [0, 0.05) is 31.2 Å². The number of nitrogens with zero attached hydrogens (tertiary/aromatic N) is 2. The summed E-state index contributed by atoms with van der Waals surface area (Å²) in [7, 11) is 2.10. The number of hydrogen-bond donors (Lipinski definition) is 1. The van der Waals surface area contributed by atoms with Gasteiger partial charge >= 0.3 is 0 Å². The van der Waals surface area contributed by atoms with Gasteiger partial charge in [-0.05, 0) is 43.7 Å². The zero-order valence-corrected chi connectivity index (χ0v) is 12.6. The van der Waals surface area contributed by atoms with Crippen LogP contribution in [-0.4, -0.2) is 18.6 Å². The Morgan fingerprint density at radius 1 is 1.20 bits per heavy atom. The lowest BCUT2D eigenvalue weighted by molar-refractivity contribution is 0.664. The Morgan fingerprint density at radius 3 is 2.75 bits per heavy atom. The van der Waals surface area contributed by atoms with Crippen LogP contribution in [0.2, 0.25) is 0 Å². The number of pyridine rings is 1. The van der Waals surface area contributed by atoms with Gasteiger partial charge in [0.05, 0.1) is 5.69 Å². The van der Waals surface area contributed by atoms with Crippen LogP contribution < -0.4 is 10.2 Å². The summed E-state index contributed by atoms with van der Waals surface area (Å²) in [5, 5.41) is 3.39. The molecule has 0 amide bonds. The second-order valence-corrected chi connectivity index (χ2v) is 5.03. The monoisotopic (exact) mass is 269 g/mol. The molecule has 0 unspecified atom stereocenters. The SMILES string of the molecule is CCCNCc1cc(N(C)c2ccccc2C)ccn1. The fraction of sp³-hybridized carbons (Fsp3) is 0.353. The van der Waals surface area contributed by atoms with Crippen molar-refractivity contribution in [2.24, 2.45) is 0 Å². The average molecular weight is 269 g/mol. The molecular weight excluding hydrogens is 246 g/mol. The minimum atomic E-state index is 0.823. The molecule has 20 heavy (non-hydrogen) atoms. The Kier molecular flexibility index (Phi) is 5.13. The first-order valence-electron chi connectivity index (χ1n) is 7.17. The molecule has 2 aromatic rings. The highest BCUT2D eigenvalue weighted by Gasteiger charge is 2.07. The van der Waals surface area contributed by atoms with E-state index >= 15 is 0 Å². The molecule has 0 bridgehead atoms. The number of hydrogen-bond acceptors (Lipinski definition) is 3.